The standard InChI is InChI=1S/C27H26ClN3O2S2/c1-15-5-4-6-18(11-15)29-23(32)14-34-27-30-25-24(20-10-7-16(2)12-22(20)35-25)26(33)31(27)19-9-8-17(3)21(28)13-19/h4-6,8-9,11,13,16H,7,10,12,14H2,1-3H3,(H,29,32). The van der Waals surface area contributed by atoms with Crippen LogP contribution in [-0.2, 0) is 17.6 Å². The highest BCUT2D eigenvalue weighted by Crippen LogP contribution is 2.37. The highest BCUT2D eigenvalue weighted by molar-refractivity contribution is 7.99. The van der Waals surface area contributed by atoms with Gasteiger partial charge in [0.25, 0.3) is 5.56 Å². The third kappa shape index (κ3) is 4.90. The van der Waals surface area contributed by atoms with Crippen LogP contribution in [0.2, 0.25) is 5.02 Å². The maximum atomic E-state index is 13.9. The van der Waals surface area contributed by atoms with Crippen molar-refractivity contribution in [2.45, 2.75) is 45.2 Å². The first-order chi connectivity index (χ1) is 16.8. The van der Waals surface area contributed by atoms with Gasteiger partial charge in [0.05, 0.1) is 16.8 Å². The molecule has 4 aromatic rings. The summed E-state index contributed by atoms with van der Waals surface area (Å²) >= 11 is 9.30. The van der Waals surface area contributed by atoms with Gasteiger partial charge in [-0.2, -0.15) is 0 Å². The Hall–Kier alpha value is -2.61. The van der Waals surface area contributed by atoms with E-state index >= 15 is 0 Å². The van der Waals surface area contributed by atoms with E-state index in [1.165, 1.54) is 16.6 Å². The van der Waals surface area contributed by atoms with Crippen molar-refractivity contribution in [1.82, 2.24) is 9.55 Å². The number of thioether (sulfide) groups is 1. The molecule has 5 rings (SSSR count). The number of aryl methyl sites for hydroxylation is 3. The normalized spacial score (nSPS) is 15.3. The summed E-state index contributed by atoms with van der Waals surface area (Å²) in [6.45, 7) is 6.16. The highest BCUT2D eigenvalue weighted by Gasteiger charge is 2.25. The molecule has 0 spiro atoms. The fraction of sp³-hybridized carbons (Fsp3) is 0.296. The molecular formula is C27H26ClN3O2S2. The first-order valence-electron chi connectivity index (χ1n) is 11.6. The fourth-order valence-corrected chi connectivity index (χ4v) is 6.88. The highest BCUT2D eigenvalue weighted by atomic mass is 35.5. The number of thiophene rings is 1. The lowest BCUT2D eigenvalue weighted by molar-refractivity contribution is -0.113. The van der Waals surface area contributed by atoms with Gasteiger partial charge in [-0.25, -0.2) is 4.98 Å². The van der Waals surface area contributed by atoms with Gasteiger partial charge in [0.2, 0.25) is 5.91 Å². The van der Waals surface area contributed by atoms with Crippen LogP contribution in [0.15, 0.2) is 52.4 Å². The van der Waals surface area contributed by atoms with E-state index in [9.17, 15) is 9.59 Å². The number of hydrogen-bond acceptors (Lipinski definition) is 5. The second-order valence-corrected chi connectivity index (χ2v) is 11.6. The molecule has 1 unspecified atom stereocenters. The van der Waals surface area contributed by atoms with E-state index in [4.69, 9.17) is 16.6 Å². The summed E-state index contributed by atoms with van der Waals surface area (Å²) in [7, 11) is 0. The second-order valence-electron chi connectivity index (χ2n) is 9.21. The molecule has 0 saturated heterocycles. The van der Waals surface area contributed by atoms with Gasteiger partial charge in [0.15, 0.2) is 5.16 Å². The van der Waals surface area contributed by atoms with Gasteiger partial charge in [-0.3, -0.25) is 14.2 Å². The van der Waals surface area contributed by atoms with Gasteiger partial charge >= 0.3 is 0 Å². The number of amides is 1. The van der Waals surface area contributed by atoms with Crippen LogP contribution in [0.4, 0.5) is 5.69 Å². The summed E-state index contributed by atoms with van der Waals surface area (Å²) in [5.74, 6) is 0.587. The van der Waals surface area contributed by atoms with E-state index in [0.717, 1.165) is 46.5 Å². The molecule has 2 aromatic heterocycles. The molecule has 180 valence electrons. The van der Waals surface area contributed by atoms with Crippen molar-refractivity contribution < 1.29 is 4.79 Å². The molecule has 2 heterocycles. The molecular weight excluding hydrogens is 498 g/mol. The smallest absolute Gasteiger partial charge is 0.267 e. The van der Waals surface area contributed by atoms with Gasteiger partial charge in [-0.1, -0.05) is 48.5 Å². The van der Waals surface area contributed by atoms with E-state index in [1.54, 1.807) is 22.0 Å². The predicted octanol–water partition coefficient (Wildman–Crippen LogP) is 6.57. The largest absolute Gasteiger partial charge is 0.325 e. The molecule has 1 N–H and O–H groups in total. The number of carbonyl (C=O) groups excluding carboxylic acids is 1. The number of nitrogens with zero attached hydrogens (tertiary/aromatic N) is 2. The zero-order chi connectivity index (χ0) is 24.7. The van der Waals surface area contributed by atoms with Crippen molar-refractivity contribution in [3.05, 3.63) is 79.4 Å². The van der Waals surface area contributed by atoms with Crippen LogP contribution >= 0.6 is 34.7 Å². The van der Waals surface area contributed by atoms with Gasteiger partial charge in [0, 0.05) is 15.6 Å². The minimum absolute atomic E-state index is 0.0939. The van der Waals surface area contributed by atoms with Crippen molar-refractivity contribution >= 4 is 56.5 Å². The van der Waals surface area contributed by atoms with Gasteiger partial charge in [-0.05, 0) is 80.0 Å². The number of hydrogen-bond donors (Lipinski definition) is 1. The topological polar surface area (TPSA) is 64.0 Å². The van der Waals surface area contributed by atoms with Crippen molar-refractivity contribution in [3.8, 4) is 5.69 Å². The second kappa shape index (κ2) is 9.80. The lowest BCUT2D eigenvalue weighted by Crippen LogP contribution is -2.23. The number of halogens is 1. The SMILES string of the molecule is Cc1cccc(NC(=O)CSc2nc3sc4c(c3c(=O)n2-c2ccc(C)c(Cl)c2)CCC(C)C4)c1. The molecule has 5 nitrogen and oxygen atoms in total. The van der Waals surface area contributed by atoms with Gasteiger partial charge in [0.1, 0.15) is 4.83 Å². The number of aromatic nitrogens is 2. The molecule has 35 heavy (non-hydrogen) atoms. The third-order valence-electron chi connectivity index (χ3n) is 6.35. The molecule has 1 aliphatic rings. The number of anilines is 1. The van der Waals surface area contributed by atoms with E-state index < -0.39 is 0 Å². The Morgan fingerprint density at radius 3 is 2.86 bits per heavy atom. The summed E-state index contributed by atoms with van der Waals surface area (Å²) in [6, 6.07) is 13.3. The van der Waals surface area contributed by atoms with E-state index in [-0.39, 0.29) is 17.2 Å². The number of carbonyl (C=O) groups is 1. The zero-order valence-electron chi connectivity index (χ0n) is 19.9. The fourth-order valence-electron chi connectivity index (χ4n) is 4.47. The summed E-state index contributed by atoms with van der Waals surface area (Å²) in [5, 5.41) is 4.72. The summed E-state index contributed by atoms with van der Waals surface area (Å²) in [4.78, 5) is 33.6. The van der Waals surface area contributed by atoms with Gasteiger partial charge < -0.3 is 5.32 Å². The third-order valence-corrected chi connectivity index (χ3v) is 8.84. The van der Waals surface area contributed by atoms with Crippen molar-refractivity contribution in [1.29, 1.82) is 0 Å². The minimum Gasteiger partial charge on any atom is -0.325 e. The van der Waals surface area contributed by atoms with E-state index in [1.807, 2.05) is 50.2 Å². The van der Waals surface area contributed by atoms with Crippen LogP contribution in [0.1, 0.15) is 34.9 Å². The van der Waals surface area contributed by atoms with Crippen LogP contribution in [0.5, 0.6) is 0 Å². The van der Waals surface area contributed by atoms with Crippen LogP contribution < -0.4 is 10.9 Å². The number of nitrogens with one attached hydrogen (secondary N) is 1. The van der Waals surface area contributed by atoms with E-state index in [0.29, 0.717) is 27.2 Å². The lowest BCUT2D eigenvalue weighted by Gasteiger charge is -2.18. The molecule has 0 radical (unpaired) electrons. The van der Waals surface area contributed by atoms with Crippen molar-refractivity contribution in [2.75, 3.05) is 11.1 Å². The Morgan fingerprint density at radius 2 is 2.09 bits per heavy atom. The zero-order valence-corrected chi connectivity index (χ0v) is 22.2. The molecule has 0 fully saturated rings. The maximum Gasteiger partial charge on any atom is 0.267 e. The van der Waals surface area contributed by atoms with Crippen LogP contribution in [0.3, 0.4) is 0 Å². The molecule has 2 aromatic carbocycles. The number of benzene rings is 2. The van der Waals surface area contributed by atoms with E-state index in [2.05, 4.69) is 12.2 Å². The first kappa shape index (κ1) is 24.1. The predicted molar refractivity (Wildman–Crippen MR) is 147 cm³/mol. The summed E-state index contributed by atoms with van der Waals surface area (Å²) < 4.78 is 1.61. The van der Waals surface area contributed by atoms with Gasteiger partial charge in [-0.15, -0.1) is 11.3 Å². The molecule has 8 heteroatoms. The van der Waals surface area contributed by atoms with Crippen molar-refractivity contribution in [2.24, 2.45) is 5.92 Å². The van der Waals surface area contributed by atoms with Crippen molar-refractivity contribution in [3.63, 3.8) is 0 Å². The number of fused-ring (bicyclic) bond motifs is 3. The Balaban J connectivity index is 1.55. The average Bonchev–Trinajstić information content (AvgIpc) is 3.17. The number of rotatable bonds is 5. The van der Waals surface area contributed by atoms with Crippen LogP contribution in [0.25, 0.3) is 15.9 Å². The Morgan fingerprint density at radius 1 is 1.26 bits per heavy atom. The first-order valence-corrected chi connectivity index (χ1v) is 13.8. The van der Waals surface area contributed by atoms with Crippen LogP contribution in [0, 0.1) is 19.8 Å². The minimum atomic E-state index is -0.150. The monoisotopic (exact) mass is 523 g/mol. The molecule has 1 atom stereocenters. The van der Waals surface area contributed by atoms with Crippen LogP contribution in [-0.4, -0.2) is 21.2 Å². The molecule has 0 aliphatic heterocycles. The average molecular weight is 524 g/mol. The molecule has 1 aliphatic carbocycles. The maximum absolute atomic E-state index is 13.9. The Labute approximate surface area is 217 Å². The lowest BCUT2D eigenvalue weighted by atomic mass is 9.89. The Kier molecular flexibility index (Phi) is 6.75. The molecule has 0 bridgehead atoms. The molecule has 1 amide bonds. The molecule has 0 saturated carbocycles. The summed E-state index contributed by atoms with van der Waals surface area (Å²) in [6.07, 6.45) is 2.95. The quantitative estimate of drug-likeness (QED) is 0.237. The summed E-state index contributed by atoms with van der Waals surface area (Å²) in [5.41, 5.74) is 4.46. The Bertz CT molecular complexity index is 1510.